The number of dihydropyridines is 1. The molecule has 2 aliphatic rings. The second-order valence-electron chi connectivity index (χ2n) is 6.60. The monoisotopic (exact) mass is 298 g/mol. The molecule has 1 aliphatic carbocycles. The molecule has 1 aliphatic heterocycles. The minimum Gasteiger partial charge on any atom is -0.302 e. The maximum Gasteiger partial charge on any atom is 0.176 e. The number of hydrogen-bond acceptors (Lipinski definition) is 3. The molecule has 0 radical (unpaired) electrons. The Labute approximate surface area is 133 Å². The van der Waals surface area contributed by atoms with E-state index in [4.69, 9.17) is 5.41 Å². The van der Waals surface area contributed by atoms with Crippen LogP contribution >= 0.6 is 0 Å². The summed E-state index contributed by atoms with van der Waals surface area (Å²) < 4.78 is 0. The Bertz CT molecular complexity index is 580. The van der Waals surface area contributed by atoms with Crippen molar-refractivity contribution in [1.29, 1.82) is 5.41 Å². The Hall–Kier alpha value is -1.77. The van der Waals surface area contributed by atoms with Gasteiger partial charge in [-0.15, -0.1) is 0 Å². The third kappa shape index (κ3) is 3.90. The molecule has 1 saturated carbocycles. The van der Waals surface area contributed by atoms with Crippen LogP contribution in [0.4, 0.5) is 0 Å². The van der Waals surface area contributed by atoms with E-state index < -0.39 is 0 Å². The summed E-state index contributed by atoms with van der Waals surface area (Å²) >= 11 is 0. The Kier molecular flexibility index (Phi) is 5.28. The molecule has 0 amide bonds. The highest BCUT2D eigenvalue weighted by atomic mass is 16.1. The Morgan fingerprint density at radius 1 is 1.36 bits per heavy atom. The number of ketones is 1. The van der Waals surface area contributed by atoms with Gasteiger partial charge in [0.05, 0.1) is 11.8 Å². The molecule has 2 atom stereocenters. The van der Waals surface area contributed by atoms with Gasteiger partial charge < -0.3 is 5.41 Å². The average Bonchev–Trinajstić information content (AvgIpc) is 2.49. The van der Waals surface area contributed by atoms with Crippen molar-refractivity contribution in [3.05, 3.63) is 35.5 Å². The maximum absolute atomic E-state index is 11.7. The number of aliphatic imine (C=N–C) groups is 1. The third-order valence-electron chi connectivity index (χ3n) is 4.76. The average molecular weight is 298 g/mol. The van der Waals surface area contributed by atoms with Crippen LogP contribution in [-0.4, -0.2) is 23.8 Å². The van der Waals surface area contributed by atoms with Crippen molar-refractivity contribution >= 4 is 17.7 Å². The number of carbonyl (C=O) groups excluding carboxylic acids is 1. The van der Waals surface area contributed by atoms with E-state index in [1.165, 1.54) is 16.7 Å². The molecule has 0 spiro atoms. The molecule has 22 heavy (non-hydrogen) atoms. The summed E-state index contributed by atoms with van der Waals surface area (Å²) in [6, 6.07) is 0.334. The third-order valence-corrected chi connectivity index (χ3v) is 4.76. The fraction of sp³-hybridized carbons (Fsp3) is 0.526. The smallest absolute Gasteiger partial charge is 0.176 e. The van der Waals surface area contributed by atoms with Gasteiger partial charge >= 0.3 is 0 Å². The van der Waals surface area contributed by atoms with E-state index in [2.05, 4.69) is 32.0 Å². The van der Waals surface area contributed by atoms with E-state index in [0.717, 1.165) is 31.3 Å². The minimum absolute atomic E-state index is 0.00732. The molecule has 1 fully saturated rings. The van der Waals surface area contributed by atoms with Crippen molar-refractivity contribution in [2.24, 2.45) is 10.9 Å². The quantitative estimate of drug-likeness (QED) is 0.749. The number of allylic oxidation sites excluding steroid dienone is 3. The first-order valence-corrected chi connectivity index (χ1v) is 8.07. The largest absolute Gasteiger partial charge is 0.302 e. The summed E-state index contributed by atoms with van der Waals surface area (Å²) in [4.78, 5) is 16.1. The lowest BCUT2D eigenvalue weighted by atomic mass is 9.80. The fourth-order valence-corrected chi connectivity index (χ4v) is 3.17. The second kappa shape index (κ2) is 6.99. The number of rotatable bonds is 5. The van der Waals surface area contributed by atoms with Crippen molar-refractivity contribution in [3.63, 3.8) is 0 Å². The van der Waals surface area contributed by atoms with Crippen molar-refractivity contribution in [2.45, 2.75) is 58.4 Å². The van der Waals surface area contributed by atoms with E-state index >= 15 is 0 Å². The zero-order chi connectivity index (χ0) is 16.3. The van der Waals surface area contributed by atoms with E-state index in [9.17, 15) is 4.79 Å². The van der Waals surface area contributed by atoms with Gasteiger partial charge in [0.2, 0.25) is 0 Å². The van der Waals surface area contributed by atoms with Gasteiger partial charge in [-0.05, 0) is 63.0 Å². The second-order valence-corrected chi connectivity index (χ2v) is 6.60. The van der Waals surface area contributed by atoms with E-state index in [0.29, 0.717) is 18.9 Å². The molecule has 0 saturated heterocycles. The number of hydrogen-bond donors (Lipinski definition) is 1. The van der Waals surface area contributed by atoms with Crippen LogP contribution in [0.15, 0.2) is 40.4 Å². The Balaban J connectivity index is 1.89. The van der Waals surface area contributed by atoms with Crippen LogP contribution in [-0.2, 0) is 4.79 Å². The van der Waals surface area contributed by atoms with Crippen LogP contribution in [0.3, 0.4) is 0 Å². The molecule has 2 rings (SSSR count). The van der Waals surface area contributed by atoms with E-state index in [1.54, 1.807) is 0 Å². The predicted octanol–water partition coefficient (Wildman–Crippen LogP) is 4.45. The Morgan fingerprint density at radius 3 is 2.77 bits per heavy atom. The highest BCUT2D eigenvalue weighted by Gasteiger charge is 2.25. The standard InChI is InChI=1S/C19H26N2O/c1-12(16-7-8-18(20)19(22)10-16)5-6-13(2)17-9-15(4)21-11-14(17)3/h11,15-16,20H,1-2,5-10H2,3-4H3. The van der Waals surface area contributed by atoms with Crippen LogP contribution in [0.1, 0.15) is 52.4 Å². The van der Waals surface area contributed by atoms with E-state index in [1.807, 2.05) is 6.21 Å². The normalized spacial score (nSPS) is 25.5. The van der Waals surface area contributed by atoms with Crippen LogP contribution in [0, 0.1) is 11.3 Å². The summed E-state index contributed by atoms with van der Waals surface area (Å²) in [5, 5.41) is 7.56. The van der Waals surface area contributed by atoms with Crippen molar-refractivity contribution in [3.8, 4) is 0 Å². The molecule has 1 heterocycles. The lowest BCUT2D eigenvalue weighted by Gasteiger charge is -2.24. The molecule has 0 aromatic carbocycles. The van der Waals surface area contributed by atoms with Gasteiger partial charge in [0.25, 0.3) is 0 Å². The SMILES string of the molecule is C=C(CCC(=C)C1CCC(=N)C(=O)C1)C1=C(C)C=NC(C)C1. The molecular weight excluding hydrogens is 272 g/mol. The first-order chi connectivity index (χ1) is 10.4. The molecule has 3 heteroatoms. The van der Waals surface area contributed by atoms with Crippen LogP contribution < -0.4 is 0 Å². The van der Waals surface area contributed by atoms with E-state index in [-0.39, 0.29) is 17.4 Å². The summed E-state index contributed by atoms with van der Waals surface area (Å²) in [6.07, 6.45) is 6.65. The number of carbonyl (C=O) groups is 1. The summed E-state index contributed by atoms with van der Waals surface area (Å²) in [6.45, 7) is 12.6. The van der Waals surface area contributed by atoms with Gasteiger partial charge in [-0.25, -0.2) is 0 Å². The fourth-order valence-electron chi connectivity index (χ4n) is 3.17. The number of nitrogens with one attached hydrogen (secondary N) is 1. The highest BCUT2D eigenvalue weighted by Crippen LogP contribution is 2.31. The predicted molar refractivity (Wildman–Crippen MR) is 92.9 cm³/mol. The highest BCUT2D eigenvalue weighted by molar-refractivity contribution is 6.39. The number of Topliss-reactive ketones (excluding diaryl/α,β-unsaturated/α-hetero) is 1. The zero-order valence-corrected chi connectivity index (χ0v) is 13.7. The molecule has 2 unspecified atom stereocenters. The number of nitrogens with zero attached hydrogens (tertiary/aromatic N) is 1. The lowest BCUT2D eigenvalue weighted by Crippen LogP contribution is -2.25. The van der Waals surface area contributed by atoms with Gasteiger partial charge in [0.1, 0.15) is 0 Å². The lowest BCUT2D eigenvalue weighted by molar-refractivity contribution is -0.114. The van der Waals surface area contributed by atoms with Crippen molar-refractivity contribution < 1.29 is 4.79 Å². The van der Waals surface area contributed by atoms with Crippen molar-refractivity contribution in [1.82, 2.24) is 0 Å². The van der Waals surface area contributed by atoms with Crippen LogP contribution in [0.25, 0.3) is 0 Å². The Morgan fingerprint density at radius 2 is 2.09 bits per heavy atom. The summed E-state index contributed by atoms with van der Waals surface area (Å²) in [7, 11) is 0. The molecule has 0 bridgehead atoms. The minimum atomic E-state index is -0.00732. The van der Waals surface area contributed by atoms with Crippen molar-refractivity contribution in [2.75, 3.05) is 0 Å². The zero-order valence-electron chi connectivity index (χ0n) is 13.7. The molecule has 1 N–H and O–H groups in total. The molecular formula is C19H26N2O. The van der Waals surface area contributed by atoms with Gasteiger partial charge in [0.15, 0.2) is 5.78 Å². The van der Waals surface area contributed by atoms with Gasteiger partial charge in [0, 0.05) is 12.6 Å². The first kappa shape index (κ1) is 16.6. The van der Waals surface area contributed by atoms with Gasteiger partial charge in [-0.2, -0.15) is 0 Å². The molecule has 0 aromatic rings. The van der Waals surface area contributed by atoms with Crippen LogP contribution in [0.5, 0.6) is 0 Å². The molecule has 0 aromatic heterocycles. The summed E-state index contributed by atoms with van der Waals surface area (Å²) in [5.74, 6) is 0.239. The first-order valence-electron chi connectivity index (χ1n) is 8.07. The van der Waals surface area contributed by atoms with Gasteiger partial charge in [-0.1, -0.05) is 24.3 Å². The van der Waals surface area contributed by atoms with Crippen LogP contribution in [0.2, 0.25) is 0 Å². The maximum atomic E-state index is 11.7. The van der Waals surface area contributed by atoms with Gasteiger partial charge in [-0.3, -0.25) is 9.79 Å². The summed E-state index contributed by atoms with van der Waals surface area (Å²) in [5.41, 5.74) is 5.14. The molecule has 3 nitrogen and oxygen atoms in total. The topological polar surface area (TPSA) is 53.3 Å². The molecule has 118 valence electrons.